The van der Waals surface area contributed by atoms with E-state index in [0.29, 0.717) is 17.9 Å². The van der Waals surface area contributed by atoms with Gasteiger partial charge in [0, 0.05) is 7.05 Å². The van der Waals surface area contributed by atoms with E-state index in [9.17, 15) is 4.79 Å². The Labute approximate surface area is 134 Å². The summed E-state index contributed by atoms with van der Waals surface area (Å²) in [5.41, 5.74) is 2.46. The maximum absolute atomic E-state index is 11.0. The van der Waals surface area contributed by atoms with Gasteiger partial charge in [-0.15, -0.1) is 0 Å². The predicted octanol–water partition coefficient (Wildman–Crippen LogP) is 3.90. The zero-order valence-electron chi connectivity index (χ0n) is 11.2. The Morgan fingerprint density at radius 2 is 2.15 bits per heavy atom. The summed E-state index contributed by atoms with van der Waals surface area (Å²) in [7, 11) is 1.88. The van der Waals surface area contributed by atoms with Gasteiger partial charge in [0.2, 0.25) is 0 Å². The Hall–Kier alpha value is -1.14. The van der Waals surface area contributed by atoms with Gasteiger partial charge in [0.25, 0.3) is 0 Å². The van der Waals surface area contributed by atoms with E-state index in [2.05, 4.69) is 43.9 Å². The van der Waals surface area contributed by atoms with Crippen molar-refractivity contribution in [2.75, 3.05) is 0 Å². The van der Waals surface area contributed by atoms with Crippen molar-refractivity contribution >= 4 is 38.1 Å². The first-order valence-electron chi connectivity index (χ1n) is 6.15. The van der Waals surface area contributed by atoms with Crippen LogP contribution in [0, 0.1) is 0 Å². The molecule has 0 fully saturated rings. The zero-order valence-corrected chi connectivity index (χ0v) is 14.4. The van der Waals surface area contributed by atoms with Crippen molar-refractivity contribution in [3.63, 3.8) is 0 Å². The summed E-state index contributed by atoms with van der Waals surface area (Å²) in [6.45, 7) is 2.39. The average Bonchev–Trinajstić information content (AvgIpc) is 2.72. The number of aromatic nitrogens is 2. The molecule has 0 aliphatic heterocycles. The lowest BCUT2D eigenvalue weighted by molar-refractivity contribution is 0.111. The van der Waals surface area contributed by atoms with Crippen LogP contribution in [-0.4, -0.2) is 16.1 Å². The number of nitrogens with zero attached hydrogens (tertiary/aromatic N) is 2. The molecule has 0 aliphatic rings. The lowest BCUT2D eigenvalue weighted by Crippen LogP contribution is -2.05. The van der Waals surface area contributed by atoms with E-state index in [-0.39, 0.29) is 0 Å². The van der Waals surface area contributed by atoms with Crippen LogP contribution in [0.15, 0.2) is 27.1 Å². The third-order valence-electron chi connectivity index (χ3n) is 2.98. The number of para-hydroxylation sites is 1. The standard InChI is InChI=1S/C14H14Br2N2O2/c1-3-11-13(16)12(18(2)17-11)8-20-14-9(7-19)5-4-6-10(14)15/h4-7H,3,8H2,1-2H3. The monoisotopic (exact) mass is 400 g/mol. The molecule has 4 nitrogen and oxygen atoms in total. The Balaban J connectivity index is 2.26. The highest BCUT2D eigenvalue weighted by molar-refractivity contribution is 9.10. The van der Waals surface area contributed by atoms with E-state index >= 15 is 0 Å². The number of aldehydes is 1. The second-order valence-corrected chi connectivity index (χ2v) is 5.90. The molecule has 0 atom stereocenters. The molecule has 0 radical (unpaired) electrons. The largest absolute Gasteiger partial charge is 0.485 e. The van der Waals surface area contributed by atoms with Crippen LogP contribution >= 0.6 is 31.9 Å². The molecular weight excluding hydrogens is 388 g/mol. The maximum atomic E-state index is 11.0. The van der Waals surface area contributed by atoms with Crippen LogP contribution in [0.4, 0.5) is 0 Å². The molecule has 1 aromatic heterocycles. The van der Waals surface area contributed by atoms with Gasteiger partial charge in [-0.1, -0.05) is 13.0 Å². The number of aryl methyl sites for hydroxylation is 2. The fourth-order valence-corrected chi connectivity index (χ4v) is 3.11. The summed E-state index contributed by atoms with van der Waals surface area (Å²) in [4.78, 5) is 11.0. The summed E-state index contributed by atoms with van der Waals surface area (Å²) >= 11 is 6.94. The van der Waals surface area contributed by atoms with E-state index in [1.165, 1.54) is 0 Å². The molecule has 106 valence electrons. The number of hydrogen-bond donors (Lipinski definition) is 0. The van der Waals surface area contributed by atoms with Crippen LogP contribution in [0.1, 0.15) is 28.7 Å². The Bertz CT molecular complexity index is 638. The van der Waals surface area contributed by atoms with Crippen molar-refractivity contribution in [3.05, 3.63) is 44.1 Å². The van der Waals surface area contributed by atoms with Gasteiger partial charge in [-0.2, -0.15) is 5.10 Å². The molecule has 6 heteroatoms. The highest BCUT2D eigenvalue weighted by atomic mass is 79.9. The van der Waals surface area contributed by atoms with Crippen molar-refractivity contribution in [1.29, 1.82) is 0 Å². The summed E-state index contributed by atoms with van der Waals surface area (Å²) in [5.74, 6) is 0.550. The molecule has 20 heavy (non-hydrogen) atoms. The van der Waals surface area contributed by atoms with Crippen LogP contribution in [-0.2, 0) is 20.1 Å². The summed E-state index contributed by atoms with van der Waals surface area (Å²) in [6.07, 6.45) is 1.64. The average molecular weight is 402 g/mol. The molecule has 0 bridgehead atoms. The van der Waals surface area contributed by atoms with Crippen molar-refractivity contribution in [2.45, 2.75) is 20.0 Å². The van der Waals surface area contributed by atoms with E-state index in [4.69, 9.17) is 4.74 Å². The molecule has 1 aromatic carbocycles. The van der Waals surface area contributed by atoms with E-state index in [1.807, 2.05) is 13.1 Å². The van der Waals surface area contributed by atoms with E-state index < -0.39 is 0 Å². The molecule has 0 saturated carbocycles. The van der Waals surface area contributed by atoms with Crippen molar-refractivity contribution < 1.29 is 9.53 Å². The molecule has 0 aliphatic carbocycles. The molecule has 0 spiro atoms. The van der Waals surface area contributed by atoms with Crippen LogP contribution in [0.2, 0.25) is 0 Å². The van der Waals surface area contributed by atoms with Crippen LogP contribution in [0.25, 0.3) is 0 Å². The Kier molecular flexibility index (Phi) is 4.99. The number of ether oxygens (including phenoxy) is 1. The second kappa shape index (κ2) is 6.54. The topological polar surface area (TPSA) is 44.1 Å². The highest BCUT2D eigenvalue weighted by Gasteiger charge is 2.14. The summed E-state index contributed by atoms with van der Waals surface area (Å²) < 4.78 is 9.31. The van der Waals surface area contributed by atoms with Crippen LogP contribution < -0.4 is 4.74 Å². The van der Waals surface area contributed by atoms with Crippen LogP contribution in [0.5, 0.6) is 5.75 Å². The number of rotatable bonds is 5. The first kappa shape index (κ1) is 15.3. The van der Waals surface area contributed by atoms with Gasteiger partial charge >= 0.3 is 0 Å². The fraction of sp³-hybridized carbons (Fsp3) is 0.286. The lowest BCUT2D eigenvalue weighted by atomic mass is 10.2. The van der Waals surface area contributed by atoms with E-state index in [0.717, 1.165) is 33.0 Å². The first-order valence-corrected chi connectivity index (χ1v) is 7.73. The third-order valence-corrected chi connectivity index (χ3v) is 4.52. The van der Waals surface area contributed by atoms with Gasteiger partial charge < -0.3 is 4.74 Å². The molecule has 0 unspecified atom stereocenters. The zero-order chi connectivity index (χ0) is 14.7. The first-order chi connectivity index (χ1) is 9.58. The quantitative estimate of drug-likeness (QED) is 0.713. The van der Waals surface area contributed by atoms with Crippen molar-refractivity contribution in [2.24, 2.45) is 7.05 Å². The number of halogens is 2. The Morgan fingerprint density at radius 3 is 2.75 bits per heavy atom. The fourth-order valence-electron chi connectivity index (χ4n) is 1.89. The maximum Gasteiger partial charge on any atom is 0.153 e. The normalized spacial score (nSPS) is 10.6. The van der Waals surface area contributed by atoms with Crippen LogP contribution in [0.3, 0.4) is 0 Å². The van der Waals surface area contributed by atoms with Gasteiger partial charge in [0.15, 0.2) is 6.29 Å². The number of benzene rings is 1. The van der Waals surface area contributed by atoms with Gasteiger partial charge in [-0.3, -0.25) is 9.48 Å². The van der Waals surface area contributed by atoms with Gasteiger partial charge in [-0.25, -0.2) is 0 Å². The molecule has 2 aromatic rings. The Morgan fingerprint density at radius 1 is 1.40 bits per heavy atom. The number of carbonyl (C=O) groups excluding carboxylic acids is 1. The van der Waals surface area contributed by atoms with Gasteiger partial charge in [0.05, 0.1) is 25.9 Å². The van der Waals surface area contributed by atoms with E-state index in [1.54, 1.807) is 16.8 Å². The summed E-state index contributed by atoms with van der Waals surface area (Å²) in [6, 6.07) is 5.37. The lowest BCUT2D eigenvalue weighted by Gasteiger charge is -2.10. The molecule has 0 amide bonds. The molecule has 0 saturated heterocycles. The highest BCUT2D eigenvalue weighted by Crippen LogP contribution is 2.30. The number of carbonyl (C=O) groups is 1. The smallest absolute Gasteiger partial charge is 0.153 e. The SMILES string of the molecule is CCc1nn(C)c(COc2c(Br)cccc2C=O)c1Br. The molecule has 1 heterocycles. The minimum Gasteiger partial charge on any atom is -0.485 e. The van der Waals surface area contributed by atoms with Gasteiger partial charge in [0.1, 0.15) is 12.4 Å². The predicted molar refractivity (Wildman–Crippen MR) is 84.1 cm³/mol. The minimum atomic E-state index is 0.341. The van der Waals surface area contributed by atoms with Crippen molar-refractivity contribution in [1.82, 2.24) is 9.78 Å². The summed E-state index contributed by atoms with van der Waals surface area (Å²) in [5, 5.41) is 4.41. The van der Waals surface area contributed by atoms with Crippen molar-refractivity contribution in [3.8, 4) is 5.75 Å². The molecule has 2 rings (SSSR count). The van der Waals surface area contributed by atoms with Gasteiger partial charge in [-0.05, 0) is 50.4 Å². The minimum absolute atomic E-state index is 0.341. The third kappa shape index (κ3) is 2.96. The second-order valence-electron chi connectivity index (χ2n) is 4.25. The molecular formula is C14H14Br2N2O2. The number of hydrogen-bond acceptors (Lipinski definition) is 3. The molecule has 0 N–H and O–H groups in total.